The fraction of sp³-hybridized carbons (Fsp3) is 0.471. The van der Waals surface area contributed by atoms with E-state index in [0.717, 1.165) is 39.1 Å². The second-order valence-electron chi connectivity index (χ2n) is 6.01. The van der Waals surface area contributed by atoms with Crippen molar-refractivity contribution in [1.82, 2.24) is 9.78 Å². The molecule has 0 bridgehead atoms. The lowest BCUT2D eigenvalue weighted by Crippen LogP contribution is -2.26. The molecule has 4 heteroatoms. The van der Waals surface area contributed by atoms with Crippen LogP contribution in [-0.4, -0.2) is 29.5 Å². The van der Waals surface area contributed by atoms with Crippen molar-refractivity contribution in [2.75, 3.05) is 25.1 Å². The van der Waals surface area contributed by atoms with Gasteiger partial charge < -0.3 is 10.1 Å². The SMILES string of the molecule is c1ccc(C2CNc3cc(C4CCOCC4)nn3C2)cc1. The lowest BCUT2D eigenvalue weighted by Gasteiger charge is -2.25. The van der Waals surface area contributed by atoms with Gasteiger partial charge >= 0.3 is 0 Å². The van der Waals surface area contributed by atoms with Crippen molar-refractivity contribution in [3.8, 4) is 0 Å². The van der Waals surface area contributed by atoms with E-state index in [-0.39, 0.29) is 0 Å². The van der Waals surface area contributed by atoms with E-state index in [2.05, 4.69) is 46.4 Å². The Morgan fingerprint density at radius 1 is 1.10 bits per heavy atom. The number of benzene rings is 1. The number of hydrogen-bond donors (Lipinski definition) is 1. The highest BCUT2D eigenvalue weighted by Gasteiger charge is 2.24. The molecule has 0 aliphatic carbocycles. The fourth-order valence-corrected chi connectivity index (χ4v) is 3.36. The molecule has 3 heterocycles. The van der Waals surface area contributed by atoms with Gasteiger partial charge in [-0.05, 0) is 18.4 Å². The first-order valence-corrected chi connectivity index (χ1v) is 7.84. The summed E-state index contributed by atoms with van der Waals surface area (Å²) in [6.45, 7) is 3.69. The van der Waals surface area contributed by atoms with Gasteiger partial charge in [-0.15, -0.1) is 0 Å². The van der Waals surface area contributed by atoms with Gasteiger partial charge in [-0.2, -0.15) is 5.10 Å². The normalized spacial score (nSPS) is 22.6. The highest BCUT2D eigenvalue weighted by molar-refractivity contribution is 5.41. The summed E-state index contributed by atoms with van der Waals surface area (Å²) in [5, 5.41) is 8.39. The number of rotatable bonds is 2. The highest BCUT2D eigenvalue weighted by Crippen LogP contribution is 2.31. The summed E-state index contributed by atoms with van der Waals surface area (Å²) < 4.78 is 7.59. The predicted molar refractivity (Wildman–Crippen MR) is 82.7 cm³/mol. The monoisotopic (exact) mass is 283 g/mol. The van der Waals surface area contributed by atoms with Crippen LogP contribution in [0.4, 0.5) is 5.82 Å². The molecular formula is C17H21N3O. The number of aromatic nitrogens is 2. The number of ether oxygens (including phenoxy) is 1. The van der Waals surface area contributed by atoms with E-state index in [9.17, 15) is 0 Å². The zero-order chi connectivity index (χ0) is 14.1. The Kier molecular flexibility index (Phi) is 3.39. The van der Waals surface area contributed by atoms with Crippen molar-refractivity contribution in [1.29, 1.82) is 0 Å². The molecule has 0 radical (unpaired) electrons. The lowest BCUT2D eigenvalue weighted by atomic mass is 9.96. The standard InChI is InChI=1S/C17H21N3O/c1-2-4-13(5-3-1)15-11-18-17-10-16(19-20(17)12-15)14-6-8-21-9-7-14/h1-5,10,14-15,18H,6-9,11-12H2. The topological polar surface area (TPSA) is 39.1 Å². The summed E-state index contributed by atoms with van der Waals surface area (Å²) in [6, 6.07) is 12.9. The van der Waals surface area contributed by atoms with Crippen LogP contribution in [0.5, 0.6) is 0 Å². The minimum atomic E-state index is 0.501. The van der Waals surface area contributed by atoms with Crippen LogP contribution < -0.4 is 5.32 Å². The molecule has 1 aromatic heterocycles. The summed E-state index contributed by atoms with van der Waals surface area (Å²) in [5.41, 5.74) is 2.62. The summed E-state index contributed by atoms with van der Waals surface area (Å²) >= 11 is 0. The van der Waals surface area contributed by atoms with Crippen LogP contribution in [0.3, 0.4) is 0 Å². The number of nitrogens with one attached hydrogen (secondary N) is 1. The van der Waals surface area contributed by atoms with Crippen LogP contribution in [0.2, 0.25) is 0 Å². The Morgan fingerprint density at radius 3 is 2.71 bits per heavy atom. The van der Waals surface area contributed by atoms with Crippen LogP contribution in [0, 0.1) is 0 Å². The van der Waals surface area contributed by atoms with Gasteiger partial charge in [-0.25, -0.2) is 4.68 Å². The summed E-state index contributed by atoms with van der Waals surface area (Å²) in [4.78, 5) is 0. The average Bonchev–Trinajstić information content (AvgIpc) is 2.99. The van der Waals surface area contributed by atoms with Gasteiger partial charge in [0.25, 0.3) is 0 Å². The van der Waals surface area contributed by atoms with E-state index in [1.807, 2.05) is 0 Å². The van der Waals surface area contributed by atoms with Gasteiger partial charge in [-0.1, -0.05) is 30.3 Å². The first-order chi connectivity index (χ1) is 10.4. The third kappa shape index (κ3) is 2.56. The minimum absolute atomic E-state index is 0.501. The second kappa shape index (κ2) is 5.53. The molecule has 2 aliphatic rings. The molecule has 2 aromatic rings. The molecule has 1 aromatic carbocycles. The maximum Gasteiger partial charge on any atom is 0.124 e. The second-order valence-corrected chi connectivity index (χ2v) is 6.01. The van der Waals surface area contributed by atoms with Crippen LogP contribution in [0.15, 0.2) is 36.4 Å². The van der Waals surface area contributed by atoms with E-state index < -0.39 is 0 Å². The molecule has 1 unspecified atom stereocenters. The van der Waals surface area contributed by atoms with Crippen LogP contribution in [0.1, 0.15) is 35.9 Å². The molecule has 4 rings (SSSR count). The summed E-state index contributed by atoms with van der Waals surface area (Å²) in [7, 11) is 0. The predicted octanol–water partition coefficient (Wildman–Crippen LogP) is 2.99. The van der Waals surface area contributed by atoms with Gasteiger partial charge in [0.1, 0.15) is 5.82 Å². The Morgan fingerprint density at radius 2 is 1.90 bits per heavy atom. The van der Waals surface area contributed by atoms with Crippen molar-refractivity contribution in [3.63, 3.8) is 0 Å². The maximum atomic E-state index is 5.45. The molecule has 1 saturated heterocycles. The molecule has 21 heavy (non-hydrogen) atoms. The van der Waals surface area contributed by atoms with Crippen molar-refractivity contribution in [2.45, 2.75) is 31.2 Å². The van der Waals surface area contributed by atoms with Gasteiger partial charge in [0.2, 0.25) is 0 Å². The highest BCUT2D eigenvalue weighted by atomic mass is 16.5. The van der Waals surface area contributed by atoms with E-state index >= 15 is 0 Å². The molecule has 1 atom stereocenters. The Bertz CT molecular complexity index is 602. The number of anilines is 1. The molecule has 0 saturated carbocycles. The molecule has 4 nitrogen and oxygen atoms in total. The number of nitrogens with zero attached hydrogens (tertiary/aromatic N) is 2. The molecule has 1 fully saturated rings. The molecule has 0 amide bonds. The molecule has 0 spiro atoms. The Labute approximate surface area is 125 Å². The molecule has 1 N–H and O–H groups in total. The molecular weight excluding hydrogens is 262 g/mol. The van der Waals surface area contributed by atoms with Crippen molar-refractivity contribution in [3.05, 3.63) is 47.7 Å². The fourth-order valence-electron chi connectivity index (χ4n) is 3.36. The maximum absolute atomic E-state index is 5.45. The van der Waals surface area contributed by atoms with Crippen molar-refractivity contribution >= 4 is 5.82 Å². The number of fused-ring (bicyclic) bond motifs is 1. The largest absolute Gasteiger partial charge is 0.381 e. The van der Waals surface area contributed by atoms with Crippen LogP contribution in [0.25, 0.3) is 0 Å². The first kappa shape index (κ1) is 12.9. The first-order valence-electron chi connectivity index (χ1n) is 7.84. The van der Waals surface area contributed by atoms with Crippen LogP contribution >= 0.6 is 0 Å². The third-order valence-corrected chi connectivity index (χ3v) is 4.63. The van der Waals surface area contributed by atoms with Crippen molar-refractivity contribution in [2.24, 2.45) is 0 Å². The number of hydrogen-bond acceptors (Lipinski definition) is 3. The summed E-state index contributed by atoms with van der Waals surface area (Å²) in [6.07, 6.45) is 2.19. The zero-order valence-corrected chi connectivity index (χ0v) is 12.2. The van der Waals surface area contributed by atoms with E-state index in [1.165, 1.54) is 17.1 Å². The third-order valence-electron chi connectivity index (χ3n) is 4.63. The van der Waals surface area contributed by atoms with Gasteiger partial charge in [-0.3, -0.25) is 0 Å². The molecule has 110 valence electrons. The van der Waals surface area contributed by atoms with Gasteiger partial charge in [0, 0.05) is 37.7 Å². The average molecular weight is 283 g/mol. The van der Waals surface area contributed by atoms with Gasteiger partial charge in [0.05, 0.1) is 12.2 Å². The van der Waals surface area contributed by atoms with Gasteiger partial charge in [0.15, 0.2) is 0 Å². The quantitative estimate of drug-likeness (QED) is 0.921. The van der Waals surface area contributed by atoms with E-state index in [4.69, 9.17) is 9.84 Å². The zero-order valence-electron chi connectivity index (χ0n) is 12.2. The molecule has 2 aliphatic heterocycles. The Hall–Kier alpha value is -1.81. The lowest BCUT2D eigenvalue weighted by molar-refractivity contribution is 0.0843. The van der Waals surface area contributed by atoms with Crippen molar-refractivity contribution < 1.29 is 4.74 Å². The van der Waals surface area contributed by atoms with Crippen LogP contribution in [-0.2, 0) is 11.3 Å². The van der Waals surface area contributed by atoms with E-state index in [1.54, 1.807) is 0 Å². The Balaban J connectivity index is 1.54. The minimum Gasteiger partial charge on any atom is -0.381 e. The van der Waals surface area contributed by atoms with E-state index in [0.29, 0.717) is 11.8 Å². The smallest absolute Gasteiger partial charge is 0.124 e. The summed E-state index contributed by atoms with van der Waals surface area (Å²) in [5.74, 6) is 2.23.